The van der Waals surface area contributed by atoms with Crippen LogP contribution in [0.15, 0.2) is 61.4 Å². The van der Waals surface area contributed by atoms with Gasteiger partial charge in [-0.3, -0.25) is 38.1 Å². The van der Waals surface area contributed by atoms with E-state index in [0.29, 0.717) is 12.1 Å². The maximum Gasteiger partial charge on any atom is 0.358 e. The molecule has 0 aliphatic rings. The number of hydrogen-bond acceptors (Lipinski definition) is 14. The third kappa shape index (κ3) is 15.1. The first kappa shape index (κ1) is 44.8. The molecule has 6 heterocycles. The first-order valence-corrected chi connectivity index (χ1v) is 18.7. The van der Waals surface area contributed by atoms with Crippen molar-refractivity contribution in [1.29, 1.82) is 0 Å². The number of carbonyl (C=O) groups excluding carboxylic acids is 3. The average Bonchev–Trinajstić information content (AvgIpc) is 4.09. The normalized spacial score (nSPS) is 11.9. The fourth-order valence-electron chi connectivity index (χ4n) is 5.25. The van der Waals surface area contributed by atoms with Gasteiger partial charge in [0.1, 0.15) is 18.0 Å². The van der Waals surface area contributed by atoms with Gasteiger partial charge in [-0.15, -0.1) is 20.4 Å². The van der Waals surface area contributed by atoms with Crippen LogP contribution in [-0.4, -0.2) is 118 Å². The number of hydrogen-bond donors (Lipinski definition) is 3. The van der Waals surface area contributed by atoms with Gasteiger partial charge in [0, 0.05) is 44.7 Å². The number of halogens is 3. The molecule has 21 nitrogen and oxygen atoms in total. The molecule has 24 heteroatoms. The Morgan fingerprint density at radius 1 is 0.689 bits per heavy atom. The molecule has 0 saturated carbocycles. The van der Waals surface area contributed by atoms with Crippen LogP contribution in [0.3, 0.4) is 0 Å². The van der Waals surface area contributed by atoms with Crippen molar-refractivity contribution in [3.8, 4) is 0 Å². The van der Waals surface area contributed by atoms with Crippen LogP contribution in [0.2, 0.25) is 0 Å². The zero-order valence-electron chi connectivity index (χ0n) is 34.5. The van der Waals surface area contributed by atoms with Gasteiger partial charge in [0.15, 0.2) is 22.9 Å². The van der Waals surface area contributed by atoms with E-state index in [1.54, 1.807) is 19.3 Å². The predicted molar refractivity (Wildman–Crippen MR) is 208 cm³/mol. The third-order valence-electron chi connectivity index (χ3n) is 8.36. The van der Waals surface area contributed by atoms with Gasteiger partial charge in [-0.25, -0.2) is 22.9 Å². The van der Waals surface area contributed by atoms with Crippen molar-refractivity contribution < 1.29 is 38.8 Å². The highest BCUT2D eigenvalue weighted by molar-refractivity contribution is 5.93. The van der Waals surface area contributed by atoms with Crippen molar-refractivity contribution in [2.45, 2.75) is 91.6 Å². The van der Waals surface area contributed by atoms with E-state index in [9.17, 15) is 32.3 Å². The zero-order chi connectivity index (χ0) is 45.0. The van der Waals surface area contributed by atoms with Gasteiger partial charge in [-0.1, -0.05) is 27.8 Å². The smallest absolute Gasteiger partial charge is 0.358 e. The first-order valence-electron chi connectivity index (χ1n) is 19.4. The summed E-state index contributed by atoms with van der Waals surface area (Å²) in [5.74, 6) is -2.14. The van der Waals surface area contributed by atoms with Gasteiger partial charge in [0.2, 0.25) is 0 Å². The van der Waals surface area contributed by atoms with E-state index >= 15 is 0 Å². The third-order valence-corrected chi connectivity index (χ3v) is 8.36. The second kappa shape index (κ2) is 23.4. The molecule has 6 rings (SSSR count). The van der Waals surface area contributed by atoms with E-state index in [1.165, 1.54) is 43.5 Å². The van der Waals surface area contributed by atoms with E-state index in [4.69, 9.17) is 6.48 Å². The number of carboxylic acids is 1. The molecule has 2 atom stereocenters. The van der Waals surface area contributed by atoms with E-state index in [0.717, 1.165) is 16.8 Å². The van der Waals surface area contributed by atoms with Crippen LogP contribution in [0.1, 0.15) is 92.0 Å². The average molecular weight is 852 g/mol. The van der Waals surface area contributed by atoms with Crippen molar-refractivity contribution >= 4 is 23.6 Å². The molecule has 0 bridgehead atoms. The molecule has 61 heavy (non-hydrogen) atoms. The Balaban J connectivity index is 0.000000257. The molecular weight excluding hydrogens is 806 g/mol. The molecule has 0 aliphatic heterocycles. The molecule has 324 valence electrons. The Hall–Kier alpha value is -7.27. The number of aromatic nitrogens is 14. The van der Waals surface area contributed by atoms with Crippen molar-refractivity contribution in [2.24, 2.45) is 0 Å². The summed E-state index contributed by atoms with van der Waals surface area (Å²) in [7, 11) is -1.00. The number of nitrogens with one attached hydrogen (secondary N) is 2. The van der Waals surface area contributed by atoms with Crippen LogP contribution in [0, 0.1) is 13.8 Å². The Labute approximate surface area is 348 Å². The van der Waals surface area contributed by atoms with Gasteiger partial charge < -0.3 is 15.7 Å². The summed E-state index contributed by atoms with van der Waals surface area (Å²) in [6.07, 6.45) is 6.90. The van der Waals surface area contributed by atoms with Crippen LogP contribution in [-0.2, 0) is 39.3 Å². The summed E-state index contributed by atoms with van der Waals surface area (Å²) in [6.45, 7) is 6.41. The summed E-state index contributed by atoms with van der Waals surface area (Å²) in [5.41, 5.74) is 3.79. The van der Waals surface area contributed by atoms with Crippen LogP contribution in [0.4, 0.5) is 13.2 Å². The number of aryl methyl sites for hydroxylation is 4. The van der Waals surface area contributed by atoms with Crippen LogP contribution < -0.4 is 10.6 Å². The van der Waals surface area contributed by atoms with Crippen molar-refractivity contribution in [1.82, 2.24) is 80.6 Å². The maximum absolute atomic E-state index is 14.3. The lowest BCUT2D eigenvalue weighted by molar-refractivity contribution is 0.0689. The summed E-state index contributed by atoms with van der Waals surface area (Å²) >= 11 is 0. The summed E-state index contributed by atoms with van der Waals surface area (Å²) in [6, 6.07) is 7.47. The molecule has 0 spiro atoms. The second-order valence-electron chi connectivity index (χ2n) is 13.3. The highest BCUT2D eigenvalue weighted by Crippen LogP contribution is 2.08. The summed E-state index contributed by atoms with van der Waals surface area (Å²) in [5, 5.41) is 44.0. The molecular formula is C37H45F3N16O5. The standard InChI is InChI=1S/C19H23FN8O2.C17H19FN8O3.CH3F/c1-3-18(29)16-11-27(25-23-16)7-5-14(20)10-28-12-17(24-26-28)19(30)22-9-15-8-13(2)4-6-21-15;1-11-2-4-19-13(6-11)7-20-16(27)14-9-26(24-21-14)8-12(18)3-5-25-10-15(17(28)29)22-23-25;1-2/h4,6,8,11-12,14H,3,5,7,9-10H2,1-2H3,(H,22,30);2,4,6,9-10,12H,3,5,7-8H2,1H3,(H,20,27)(H,28,29);1H3/i;;1D. The number of nitrogens with zero attached hydrogens (tertiary/aromatic N) is 14. The SMILES string of the molecule is CCC(=O)c1cn(CCC(F)Cn2cc(C(=O)NCc3cc(C)ccn3)nn2)nn1.Cc1ccnc(CNC(=O)c2cn(CC(F)CCn3cc(C(=O)O)nn3)nn2)c1.[2H]CF. The number of ketones is 1. The molecule has 0 aliphatic carbocycles. The molecule has 2 unspecified atom stereocenters. The Morgan fingerprint density at radius 3 is 1.49 bits per heavy atom. The molecule has 6 aromatic heterocycles. The molecule has 0 radical (unpaired) electrons. The number of carboxylic acid groups (broad SMARTS) is 1. The van der Waals surface area contributed by atoms with E-state index < -0.39 is 37.3 Å². The quantitative estimate of drug-likeness (QED) is 0.0990. The fraction of sp³-hybridized carbons (Fsp3) is 0.405. The van der Waals surface area contributed by atoms with Crippen LogP contribution >= 0.6 is 0 Å². The zero-order valence-corrected chi connectivity index (χ0v) is 33.5. The number of aromatic carboxylic acids is 1. The van der Waals surface area contributed by atoms with Crippen molar-refractivity contribution in [3.63, 3.8) is 0 Å². The number of alkyl halides is 3. The van der Waals surface area contributed by atoms with E-state index in [1.807, 2.05) is 38.1 Å². The Bertz CT molecular complexity index is 2370. The van der Waals surface area contributed by atoms with Gasteiger partial charge in [0.25, 0.3) is 11.8 Å². The highest BCUT2D eigenvalue weighted by atomic mass is 19.1. The van der Waals surface area contributed by atoms with E-state index in [-0.39, 0.29) is 80.7 Å². The molecule has 3 N–H and O–H groups in total. The van der Waals surface area contributed by atoms with Crippen molar-refractivity contribution in [2.75, 3.05) is 7.15 Å². The maximum atomic E-state index is 14.3. The van der Waals surface area contributed by atoms with Gasteiger partial charge >= 0.3 is 5.97 Å². The molecule has 6 aromatic rings. The number of carbonyl (C=O) groups is 4. The molecule has 2 amide bonds. The minimum absolute atomic E-state index is 0.0465. The second-order valence-corrected chi connectivity index (χ2v) is 13.3. The topological polar surface area (TPSA) is 261 Å². The predicted octanol–water partition coefficient (Wildman–Crippen LogP) is 2.74. The monoisotopic (exact) mass is 851 g/mol. The Kier molecular flexibility index (Phi) is 17.2. The largest absolute Gasteiger partial charge is 0.476 e. The lowest BCUT2D eigenvalue weighted by Gasteiger charge is -2.07. The first-order chi connectivity index (χ1) is 29.8. The number of amides is 2. The van der Waals surface area contributed by atoms with Crippen molar-refractivity contribution in [3.05, 3.63) is 107 Å². The minimum atomic E-state index is -1.29. The Morgan fingerprint density at radius 2 is 1.08 bits per heavy atom. The van der Waals surface area contributed by atoms with Gasteiger partial charge in [-0.2, -0.15) is 0 Å². The molecule has 0 saturated heterocycles. The summed E-state index contributed by atoms with van der Waals surface area (Å²) < 4.78 is 49.2. The molecule has 0 aromatic carbocycles. The highest BCUT2D eigenvalue weighted by Gasteiger charge is 2.17. The number of pyridine rings is 2. The lowest BCUT2D eigenvalue weighted by atomic mass is 10.2. The molecule has 0 fully saturated rings. The van der Waals surface area contributed by atoms with Crippen LogP contribution in [0.25, 0.3) is 0 Å². The summed E-state index contributed by atoms with van der Waals surface area (Å²) in [4.78, 5) is 55.0. The van der Waals surface area contributed by atoms with Gasteiger partial charge in [0.05, 0.1) is 70.9 Å². The minimum Gasteiger partial charge on any atom is -0.476 e. The number of Topliss-reactive ketones (excluding diaryl/α,β-unsaturated/α-hetero) is 1. The number of rotatable bonds is 19. The lowest BCUT2D eigenvalue weighted by Crippen LogP contribution is -2.23. The fourth-order valence-corrected chi connectivity index (χ4v) is 5.25. The van der Waals surface area contributed by atoms with Crippen LogP contribution in [0.5, 0.6) is 0 Å². The van der Waals surface area contributed by atoms with E-state index in [2.05, 4.69) is 61.8 Å². The van der Waals surface area contributed by atoms with Gasteiger partial charge in [-0.05, 0) is 49.2 Å².